The van der Waals surface area contributed by atoms with Crippen LogP contribution in [0.4, 0.5) is 0 Å². The summed E-state index contributed by atoms with van der Waals surface area (Å²) in [7, 11) is 3.15. The molecule has 0 spiro atoms. The van der Waals surface area contributed by atoms with Gasteiger partial charge in [-0.05, 0) is 61.6 Å². The maximum Gasteiger partial charge on any atom is 0.336 e. The lowest BCUT2D eigenvalue weighted by atomic mass is 9.71. The number of allylic oxidation sites excluding steroid dienone is 3. The zero-order valence-electron chi connectivity index (χ0n) is 21.6. The van der Waals surface area contributed by atoms with Crippen molar-refractivity contribution in [1.29, 1.82) is 0 Å². The van der Waals surface area contributed by atoms with Crippen LogP contribution in [0.2, 0.25) is 0 Å². The Morgan fingerprint density at radius 1 is 1.05 bits per heavy atom. The van der Waals surface area contributed by atoms with Crippen LogP contribution in [0.5, 0.6) is 17.2 Å². The highest BCUT2D eigenvalue weighted by atomic mass is 16.6. The molecule has 0 saturated heterocycles. The van der Waals surface area contributed by atoms with E-state index >= 15 is 0 Å². The number of phenolic OH excluding ortho intramolecular Hbond substituents is 1. The lowest BCUT2D eigenvalue weighted by molar-refractivity contribution is -0.140. The number of nitrogens with one attached hydrogen (secondary N) is 1. The molecule has 2 N–H and O–H groups in total. The molecule has 2 aliphatic rings. The summed E-state index contributed by atoms with van der Waals surface area (Å²) in [5, 5.41) is 13.6. The van der Waals surface area contributed by atoms with E-state index in [-0.39, 0.29) is 30.7 Å². The van der Waals surface area contributed by atoms with Crippen molar-refractivity contribution < 1.29 is 33.6 Å². The van der Waals surface area contributed by atoms with E-state index in [0.717, 1.165) is 17.0 Å². The first kappa shape index (κ1) is 26.3. The third-order valence-corrected chi connectivity index (χ3v) is 6.77. The van der Waals surface area contributed by atoms with Gasteiger partial charge >= 0.3 is 5.97 Å². The molecule has 0 fully saturated rings. The summed E-state index contributed by atoms with van der Waals surface area (Å²) in [6.45, 7) is 4.36. The molecule has 2 aromatic rings. The summed E-state index contributed by atoms with van der Waals surface area (Å²) in [6, 6.07) is 12.7. The Balaban J connectivity index is 1.76. The van der Waals surface area contributed by atoms with E-state index in [2.05, 4.69) is 5.32 Å². The highest BCUT2D eigenvalue weighted by Gasteiger charge is 2.41. The maximum atomic E-state index is 13.7. The van der Waals surface area contributed by atoms with Gasteiger partial charge < -0.3 is 29.4 Å². The van der Waals surface area contributed by atoms with Gasteiger partial charge in [0.15, 0.2) is 17.3 Å². The number of methoxy groups -OCH3 is 2. The molecule has 2 atom stereocenters. The van der Waals surface area contributed by atoms with Crippen molar-refractivity contribution in [1.82, 2.24) is 5.32 Å². The standard InChI is InChI=1S/C29H33NO7/c1-5-36-25-16-19(8-11-23(25)31)27-26(29(33)37-13-12-34-3)17(2)30-22-14-20(15-24(32)28(22)27)18-6-9-21(35-4)10-7-18/h6-11,16,20,27,30-31H,5,12-15H2,1-4H3/t20-,27+/m0/s1. The fourth-order valence-electron chi connectivity index (χ4n) is 5.03. The predicted molar refractivity (Wildman–Crippen MR) is 138 cm³/mol. The van der Waals surface area contributed by atoms with Gasteiger partial charge in [0.2, 0.25) is 0 Å². The van der Waals surface area contributed by atoms with Crippen molar-refractivity contribution >= 4 is 11.8 Å². The number of ketones is 1. The molecule has 0 saturated carbocycles. The van der Waals surface area contributed by atoms with Gasteiger partial charge in [-0.25, -0.2) is 4.79 Å². The number of benzene rings is 2. The number of carbonyl (C=O) groups is 2. The van der Waals surface area contributed by atoms with Crippen LogP contribution in [0.1, 0.15) is 49.7 Å². The summed E-state index contributed by atoms with van der Waals surface area (Å²) in [5.74, 6) is -0.176. The summed E-state index contributed by atoms with van der Waals surface area (Å²) in [4.78, 5) is 27.0. The third kappa shape index (κ3) is 5.49. The van der Waals surface area contributed by atoms with Gasteiger partial charge in [-0.15, -0.1) is 0 Å². The van der Waals surface area contributed by atoms with Crippen molar-refractivity contribution in [2.45, 2.75) is 38.5 Å². The van der Waals surface area contributed by atoms with Crippen molar-refractivity contribution in [3.8, 4) is 17.2 Å². The number of esters is 1. The Bertz CT molecular complexity index is 1230. The minimum absolute atomic E-state index is 0.00630. The number of dihydropyridines is 1. The van der Waals surface area contributed by atoms with Gasteiger partial charge in [-0.2, -0.15) is 0 Å². The molecule has 0 aromatic heterocycles. The van der Waals surface area contributed by atoms with Crippen LogP contribution in [0, 0.1) is 0 Å². The third-order valence-electron chi connectivity index (χ3n) is 6.77. The van der Waals surface area contributed by atoms with Crippen molar-refractivity contribution in [3.63, 3.8) is 0 Å². The lowest BCUT2D eigenvalue weighted by Crippen LogP contribution is -2.36. The second-order valence-corrected chi connectivity index (χ2v) is 9.08. The van der Waals surface area contributed by atoms with E-state index < -0.39 is 11.9 Å². The Kier molecular flexibility index (Phi) is 8.18. The second-order valence-electron chi connectivity index (χ2n) is 9.08. The van der Waals surface area contributed by atoms with E-state index in [1.807, 2.05) is 38.1 Å². The fourth-order valence-corrected chi connectivity index (χ4v) is 5.03. The van der Waals surface area contributed by atoms with Crippen molar-refractivity contribution in [2.75, 3.05) is 34.0 Å². The van der Waals surface area contributed by atoms with Gasteiger partial charge in [0.1, 0.15) is 12.4 Å². The molecule has 1 heterocycles. The Morgan fingerprint density at radius 2 is 1.78 bits per heavy atom. The van der Waals surface area contributed by atoms with Gasteiger partial charge in [0, 0.05) is 36.4 Å². The quantitative estimate of drug-likeness (QED) is 0.381. The fraction of sp³-hybridized carbons (Fsp3) is 0.379. The largest absolute Gasteiger partial charge is 0.504 e. The maximum absolute atomic E-state index is 13.7. The van der Waals surface area contributed by atoms with Crippen LogP contribution in [-0.2, 0) is 19.1 Å². The number of hydrogen-bond acceptors (Lipinski definition) is 8. The van der Waals surface area contributed by atoms with Gasteiger partial charge in [0.05, 0.1) is 25.9 Å². The highest BCUT2D eigenvalue weighted by molar-refractivity contribution is 6.04. The topological polar surface area (TPSA) is 103 Å². The molecule has 4 rings (SSSR count). The normalized spacial score (nSPS) is 19.3. The summed E-state index contributed by atoms with van der Waals surface area (Å²) in [6.07, 6.45) is 0.925. The molecule has 0 unspecified atom stereocenters. The van der Waals surface area contributed by atoms with E-state index in [9.17, 15) is 14.7 Å². The van der Waals surface area contributed by atoms with Gasteiger partial charge in [-0.1, -0.05) is 18.2 Å². The molecule has 0 amide bonds. The van der Waals surface area contributed by atoms with Gasteiger partial charge in [0.25, 0.3) is 0 Å². The molecule has 0 bridgehead atoms. The van der Waals surface area contributed by atoms with Crippen LogP contribution >= 0.6 is 0 Å². The van der Waals surface area contributed by atoms with Crippen LogP contribution in [0.3, 0.4) is 0 Å². The number of aromatic hydroxyl groups is 1. The monoisotopic (exact) mass is 507 g/mol. The molecule has 8 nitrogen and oxygen atoms in total. The van der Waals surface area contributed by atoms with Crippen LogP contribution in [0.15, 0.2) is 65.0 Å². The molecule has 8 heteroatoms. The Labute approximate surface area is 216 Å². The average molecular weight is 508 g/mol. The summed E-state index contributed by atoms with van der Waals surface area (Å²) < 4.78 is 21.4. The second kappa shape index (κ2) is 11.5. The number of ether oxygens (including phenoxy) is 4. The molecule has 2 aromatic carbocycles. The van der Waals surface area contributed by atoms with E-state index in [1.54, 1.807) is 19.2 Å². The zero-order chi connectivity index (χ0) is 26.5. The molecule has 196 valence electrons. The first-order valence-electron chi connectivity index (χ1n) is 12.4. The van der Waals surface area contributed by atoms with Crippen LogP contribution < -0.4 is 14.8 Å². The van der Waals surface area contributed by atoms with Crippen molar-refractivity contribution in [2.24, 2.45) is 0 Å². The average Bonchev–Trinajstić information content (AvgIpc) is 2.89. The number of rotatable bonds is 9. The molecular formula is C29H33NO7. The predicted octanol–water partition coefficient (Wildman–Crippen LogP) is 4.35. The van der Waals surface area contributed by atoms with Crippen LogP contribution in [-0.4, -0.2) is 50.9 Å². The molecular weight excluding hydrogens is 474 g/mol. The molecule has 37 heavy (non-hydrogen) atoms. The minimum Gasteiger partial charge on any atom is -0.504 e. The van der Waals surface area contributed by atoms with E-state index in [1.165, 1.54) is 13.2 Å². The Hall–Kier alpha value is -3.78. The first-order valence-corrected chi connectivity index (χ1v) is 12.4. The SMILES string of the molecule is CCOc1cc([C@@H]2C(C(=O)OCCOC)=C(C)NC3=C2C(=O)C[C@@H](c2ccc(OC)cc2)C3)ccc1O. The summed E-state index contributed by atoms with van der Waals surface area (Å²) >= 11 is 0. The van der Waals surface area contributed by atoms with E-state index in [0.29, 0.717) is 47.6 Å². The smallest absolute Gasteiger partial charge is 0.336 e. The minimum atomic E-state index is -0.657. The van der Waals surface area contributed by atoms with Crippen LogP contribution in [0.25, 0.3) is 0 Å². The number of Topliss-reactive ketones (excluding diaryl/α,β-unsaturated/α-hetero) is 1. The lowest BCUT2D eigenvalue weighted by Gasteiger charge is -2.36. The molecule has 1 aliphatic heterocycles. The Morgan fingerprint density at radius 3 is 2.46 bits per heavy atom. The van der Waals surface area contributed by atoms with E-state index in [4.69, 9.17) is 18.9 Å². The zero-order valence-corrected chi connectivity index (χ0v) is 21.6. The summed E-state index contributed by atoms with van der Waals surface area (Å²) in [5.41, 5.74) is 4.04. The molecule has 0 radical (unpaired) electrons. The molecule has 1 aliphatic carbocycles. The highest BCUT2D eigenvalue weighted by Crippen LogP contribution is 2.47. The number of hydrogen-bond donors (Lipinski definition) is 2. The van der Waals surface area contributed by atoms with Gasteiger partial charge in [-0.3, -0.25) is 4.79 Å². The first-order chi connectivity index (χ1) is 17.9. The number of carbonyl (C=O) groups excluding carboxylic acids is 2. The number of phenols is 1. The van der Waals surface area contributed by atoms with Crippen molar-refractivity contribution in [3.05, 3.63) is 76.1 Å².